The first-order chi connectivity index (χ1) is 10.6. The molecule has 22 heavy (non-hydrogen) atoms. The lowest BCUT2D eigenvalue weighted by molar-refractivity contribution is 0.310. The molecule has 0 spiro atoms. The predicted octanol–water partition coefficient (Wildman–Crippen LogP) is 4.25. The van der Waals surface area contributed by atoms with E-state index in [1.165, 1.54) is 16.7 Å². The molecule has 118 valence electrons. The summed E-state index contributed by atoms with van der Waals surface area (Å²) in [6.45, 7) is 7.68. The molecule has 1 unspecified atom stereocenters. The summed E-state index contributed by atoms with van der Waals surface area (Å²) in [6.07, 6.45) is 0. The molecule has 0 aliphatic rings. The highest BCUT2D eigenvalue weighted by molar-refractivity contribution is 5.43. The zero-order valence-electron chi connectivity index (χ0n) is 13.8. The number of methoxy groups -OCH3 is 1. The molecule has 0 aliphatic heterocycles. The van der Waals surface area contributed by atoms with E-state index < -0.39 is 0 Å². The summed E-state index contributed by atoms with van der Waals surface area (Å²) in [5.41, 5.74) is 3.76. The Morgan fingerprint density at radius 3 is 2.41 bits per heavy atom. The molecule has 1 N–H and O–H groups in total. The monoisotopic (exact) mass is 299 g/mol. The van der Waals surface area contributed by atoms with Crippen molar-refractivity contribution < 1.29 is 9.47 Å². The van der Waals surface area contributed by atoms with E-state index >= 15 is 0 Å². The lowest BCUT2D eigenvalue weighted by Crippen LogP contribution is -2.18. The zero-order chi connectivity index (χ0) is 15.9. The Balaban J connectivity index is 2.01. The van der Waals surface area contributed by atoms with Crippen LogP contribution in [0.25, 0.3) is 0 Å². The molecule has 0 amide bonds. The van der Waals surface area contributed by atoms with Crippen LogP contribution in [-0.2, 0) is 6.54 Å². The van der Waals surface area contributed by atoms with Gasteiger partial charge in [-0.3, -0.25) is 0 Å². The lowest BCUT2D eigenvalue weighted by Gasteiger charge is -2.16. The molecule has 2 aromatic rings. The standard InChI is InChI=1S/C19H25NO2/c1-5-22-19-12-16(8-11-18(19)21-4)13-20-15(3)17-9-6-14(2)7-10-17/h6-12,15,20H,5,13H2,1-4H3. The van der Waals surface area contributed by atoms with Crippen LogP contribution in [0.15, 0.2) is 42.5 Å². The van der Waals surface area contributed by atoms with Crippen LogP contribution < -0.4 is 14.8 Å². The Bertz CT molecular complexity index is 593. The van der Waals surface area contributed by atoms with Crippen LogP contribution in [-0.4, -0.2) is 13.7 Å². The first-order valence-corrected chi connectivity index (χ1v) is 7.73. The van der Waals surface area contributed by atoms with Crippen molar-refractivity contribution in [2.45, 2.75) is 33.4 Å². The summed E-state index contributed by atoms with van der Waals surface area (Å²) < 4.78 is 10.9. The molecular weight excluding hydrogens is 274 g/mol. The van der Waals surface area contributed by atoms with E-state index in [1.54, 1.807) is 7.11 Å². The summed E-state index contributed by atoms with van der Waals surface area (Å²) in [5.74, 6) is 1.57. The van der Waals surface area contributed by atoms with Crippen LogP contribution in [0.4, 0.5) is 0 Å². The van der Waals surface area contributed by atoms with Crippen molar-refractivity contribution in [3.8, 4) is 11.5 Å². The first kappa shape index (κ1) is 16.4. The second-order valence-electron chi connectivity index (χ2n) is 5.43. The zero-order valence-corrected chi connectivity index (χ0v) is 13.8. The Hall–Kier alpha value is -2.00. The summed E-state index contributed by atoms with van der Waals surface area (Å²) in [7, 11) is 1.66. The van der Waals surface area contributed by atoms with Crippen LogP contribution in [0.2, 0.25) is 0 Å². The molecule has 0 heterocycles. The van der Waals surface area contributed by atoms with E-state index in [0.29, 0.717) is 12.6 Å². The number of hydrogen-bond acceptors (Lipinski definition) is 3. The highest BCUT2D eigenvalue weighted by Crippen LogP contribution is 2.28. The van der Waals surface area contributed by atoms with Gasteiger partial charge >= 0.3 is 0 Å². The molecule has 0 fully saturated rings. The van der Waals surface area contributed by atoms with Gasteiger partial charge < -0.3 is 14.8 Å². The van der Waals surface area contributed by atoms with Crippen LogP contribution >= 0.6 is 0 Å². The van der Waals surface area contributed by atoms with Gasteiger partial charge in [0.1, 0.15) is 0 Å². The maximum atomic E-state index is 5.62. The fraction of sp³-hybridized carbons (Fsp3) is 0.368. The van der Waals surface area contributed by atoms with E-state index in [4.69, 9.17) is 9.47 Å². The van der Waals surface area contributed by atoms with Gasteiger partial charge in [0.25, 0.3) is 0 Å². The normalized spacial score (nSPS) is 12.0. The molecule has 0 saturated carbocycles. The van der Waals surface area contributed by atoms with Crippen molar-refractivity contribution in [2.24, 2.45) is 0 Å². The molecule has 0 radical (unpaired) electrons. The van der Waals surface area contributed by atoms with Crippen LogP contribution in [0, 0.1) is 6.92 Å². The second kappa shape index (κ2) is 7.85. The topological polar surface area (TPSA) is 30.5 Å². The van der Waals surface area contributed by atoms with Gasteiger partial charge in [0.15, 0.2) is 11.5 Å². The number of hydrogen-bond donors (Lipinski definition) is 1. The minimum absolute atomic E-state index is 0.304. The van der Waals surface area contributed by atoms with Crippen molar-refractivity contribution in [3.63, 3.8) is 0 Å². The number of aryl methyl sites for hydroxylation is 1. The Morgan fingerprint density at radius 1 is 1.05 bits per heavy atom. The van der Waals surface area contributed by atoms with Gasteiger partial charge in [-0.2, -0.15) is 0 Å². The van der Waals surface area contributed by atoms with Gasteiger partial charge in [-0.1, -0.05) is 35.9 Å². The van der Waals surface area contributed by atoms with Crippen LogP contribution in [0.3, 0.4) is 0 Å². The minimum atomic E-state index is 0.304. The van der Waals surface area contributed by atoms with Gasteiger partial charge in [0, 0.05) is 12.6 Å². The molecule has 1 atom stereocenters. The van der Waals surface area contributed by atoms with Crippen molar-refractivity contribution in [3.05, 3.63) is 59.2 Å². The average molecular weight is 299 g/mol. The smallest absolute Gasteiger partial charge is 0.161 e. The molecule has 3 heteroatoms. The molecule has 3 nitrogen and oxygen atoms in total. The second-order valence-corrected chi connectivity index (χ2v) is 5.43. The fourth-order valence-electron chi connectivity index (χ4n) is 2.34. The quantitative estimate of drug-likeness (QED) is 0.829. The van der Waals surface area contributed by atoms with Crippen molar-refractivity contribution in [1.29, 1.82) is 0 Å². The van der Waals surface area contributed by atoms with E-state index in [0.717, 1.165) is 18.0 Å². The first-order valence-electron chi connectivity index (χ1n) is 7.73. The summed E-state index contributed by atoms with van der Waals surface area (Å²) in [5, 5.41) is 3.55. The van der Waals surface area contributed by atoms with Gasteiger partial charge in [-0.15, -0.1) is 0 Å². The van der Waals surface area contributed by atoms with Gasteiger partial charge in [-0.25, -0.2) is 0 Å². The highest BCUT2D eigenvalue weighted by atomic mass is 16.5. The number of rotatable bonds is 7. The van der Waals surface area contributed by atoms with E-state index in [-0.39, 0.29) is 0 Å². The minimum Gasteiger partial charge on any atom is -0.493 e. The molecule has 0 aliphatic carbocycles. The Labute approximate surface area is 133 Å². The molecule has 0 aromatic heterocycles. The highest BCUT2D eigenvalue weighted by Gasteiger charge is 2.08. The van der Waals surface area contributed by atoms with Crippen LogP contribution in [0.5, 0.6) is 11.5 Å². The molecule has 0 bridgehead atoms. The molecule has 0 saturated heterocycles. The average Bonchev–Trinajstić information content (AvgIpc) is 2.54. The Kier molecular flexibility index (Phi) is 5.84. The van der Waals surface area contributed by atoms with E-state index in [1.807, 2.05) is 19.1 Å². The van der Waals surface area contributed by atoms with Crippen molar-refractivity contribution in [1.82, 2.24) is 5.32 Å². The van der Waals surface area contributed by atoms with Crippen LogP contribution in [0.1, 0.15) is 36.6 Å². The van der Waals surface area contributed by atoms with Gasteiger partial charge in [0.2, 0.25) is 0 Å². The molecule has 2 rings (SSSR count). The summed E-state index contributed by atoms with van der Waals surface area (Å²) in [4.78, 5) is 0. The van der Waals surface area contributed by atoms with Crippen molar-refractivity contribution in [2.75, 3.05) is 13.7 Å². The molecule has 2 aromatic carbocycles. The third-order valence-corrected chi connectivity index (χ3v) is 3.72. The fourth-order valence-corrected chi connectivity index (χ4v) is 2.34. The largest absolute Gasteiger partial charge is 0.493 e. The number of benzene rings is 2. The predicted molar refractivity (Wildman–Crippen MR) is 90.6 cm³/mol. The van der Waals surface area contributed by atoms with Crippen molar-refractivity contribution >= 4 is 0 Å². The summed E-state index contributed by atoms with van der Waals surface area (Å²) in [6, 6.07) is 15.0. The maximum absolute atomic E-state index is 5.62. The molecular formula is C19H25NO2. The lowest BCUT2D eigenvalue weighted by atomic mass is 10.1. The third kappa shape index (κ3) is 4.25. The summed E-state index contributed by atoms with van der Waals surface area (Å²) >= 11 is 0. The maximum Gasteiger partial charge on any atom is 0.161 e. The Morgan fingerprint density at radius 2 is 1.77 bits per heavy atom. The number of nitrogens with one attached hydrogen (secondary N) is 1. The SMILES string of the molecule is CCOc1cc(CNC(C)c2ccc(C)cc2)ccc1OC. The van der Waals surface area contributed by atoms with Gasteiger partial charge in [0.05, 0.1) is 13.7 Å². The third-order valence-electron chi connectivity index (χ3n) is 3.72. The van der Waals surface area contributed by atoms with E-state index in [2.05, 4.69) is 49.5 Å². The number of ether oxygens (including phenoxy) is 2. The van der Waals surface area contributed by atoms with E-state index in [9.17, 15) is 0 Å². The van der Waals surface area contributed by atoms with Gasteiger partial charge in [-0.05, 0) is 44.0 Å².